The fraction of sp³-hybridized carbons (Fsp3) is 0.533. The van der Waals surface area contributed by atoms with Crippen molar-refractivity contribution < 1.29 is 8.42 Å². The van der Waals surface area contributed by atoms with E-state index in [1.165, 1.54) is 6.26 Å². The van der Waals surface area contributed by atoms with Gasteiger partial charge in [-0.2, -0.15) is 0 Å². The van der Waals surface area contributed by atoms with Crippen molar-refractivity contribution in [1.82, 2.24) is 4.72 Å². The number of sulfonamides is 1. The molecule has 1 aromatic rings. The van der Waals surface area contributed by atoms with Crippen molar-refractivity contribution >= 4 is 45.6 Å². The highest BCUT2D eigenvalue weighted by Crippen LogP contribution is 2.25. The van der Waals surface area contributed by atoms with Gasteiger partial charge in [0.05, 0.1) is 6.26 Å². The summed E-state index contributed by atoms with van der Waals surface area (Å²) in [6, 6.07) is 9.55. The number of benzene rings is 1. The Hall–Kier alpha value is -0.870. The highest BCUT2D eigenvalue weighted by atomic mass is 127. The molecule has 1 fully saturated rings. The third-order valence-electron chi connectivity index (χ3n) is 3.82. The van der Waals surface area contributed by atoms with E-state index in [1.54, 1.807) is 0 Å². The topological polar surface area (TPSA) is 96.6 Å². The normalized spacial score (nSPS) is 22.2. The van der Waals surface area contributed by atoms with Gasteiger partial charge in [0.2, 0.25) is 10.0 Å². The predicted octanol–water partition coefficient (Wildman–Crippen LogP) is 2.14. The van der Waals surface area contributed by atoms with Crippen molar-refractivity contribution in [1.29, 1.82) is 0 Å². The molecule has 0 amide bonds. The zero-order chi connectivity index (χ0) is 16.0. The van der Waals surface area contributed by atoms with E-state index in [9.17, 15) is 8.42 Å². The lowest BCUT2D eigenvalue weighted by atomic mass is 9.85. The summed E-state index contributed by atoms with van der Waals surface area (Å²) in [6.45, 7) is 0.527. The molecule has 0 spiro atoms. The summed E-state index contributed by atoms with van der Waals surface area (Å²) in [6.07, 6.45) is 5.18. The number of para-hydroxylation sites is 1. The molecule has 0 radical (unpaired) electrons. The molecule has 0 heterocycles. The molecule has 1 aliphatic carbocycles. The summed E-state index contributed by atoms with van der Waals surface area (Å²) in [5, 5.41) is 3.03. The number of nitrogens with zero attached hydrogens (tertiary/aromatic N) is 1. The van der Waals surface area contributed by atoms with Crippen LogP contribution in [0.2, 0.25) is 0 Å². The summed E-state index contributed by atoms with van der Waals surface area (Å²) in [4.78, 5) is 4.37. The van der Waals surface area contributed by atoms with Crippen LogP contribution in [0.5, 0.6) is 0 Å². The monoisotopic (exact) mass is 452 g/mol. The average molecular weight is 452 g/mol. The van der Waals surface area contributed by atoms with Crippen LogP contribution in [0, 0.1) is 5.92 Å². The second-order valence-electron chi connectivity index (χ2n) is 5.76. The number of nitrogens with two attached hydrogens (primary N) is 1. The number of anilines is 1. The molecule has 1 aromatic carbocycles. The number of aliphatic imine (C=N–C) groups is 1. The van der Waals surface area contributed by atoms with Gasteiger partial charge < -0.3 is 11.1 Å². The zero-order valence-corrected chi connectivity index (χ0v) is 16.4. The lowest BCUT2D eigenvalue weighted by Crippen LogP contribution is -2.43. The highest BCUT2D eigenvalue weighted by molar-refractivity contribution is 14.0. The van der Waals surface area contributed by atoms with Crippen LogP contribution >= 0.6 is 24.0 Å². The molecule has 0 saturated heterocycles. The minimum Gasteiger partial charge on any atom is -0.370 e. The molecule has 23 heavy (non-hydrogen) atoms. The minimum absolute atomic E-state index is 0. The van der Waals surface area contributed by atoms with Gasteiger partial charge in [0, 0.05) is 18.3 Å². The van der Waals surface area contributed by atoms with Gasteiger partial charge in [-0.05, 0) is 30.9 Å². The van der Waals surface area contributed by atoms with Crippen molar-refractivity contribution in [3.63, 3.8) is 0 Å². The summed E-state index contributed by atoms with van der Waals surface area (Å²) < 4.78 is 25.6. The van der Waals surface area contributed by atoms with Gasteiger partial charge in [-0.3, -0.25) is 4.99 Å². The van der Waals surface area contributed by atoms with E-state index in [0.29, 0.717) is 12.5 Å². The second kappa shape index (κ2) is 9.43. The molecule has 1 aliphatic rings. The summed E-state index contributed by atoms with van der Waals surface area (Å²) in [7, 11) is -3.19. The number of guanidine groups is 1. The fourth-order valence-corrected chi connectivity index (χ4v) is 3.64. The third-order valence-corrected chi connectivity index (χ3v) is 4.55. The van der Waals surface area contributed by atoms with Crippen LogP contribution in [-0.2, 0) is 10.0 Å². The third kappa shape index (κ3) is 7.49. The standard InChI is InChI=1S/C15H24N4O2S.HI/c1-22(20,21)19-14-10-6-5-7-12(14)11-17-15(16)18-13-8-3-2-4-9-13;/h2-4,8-9,12,14,19H,5-7,10-11H2,1H3,(H3,16,17,18);1H. The molecule has 130 valence electrons. The molecule has 6 nitrogen and oxygen atoms in total. The first-order valence-corrected chi connectivity index (χ1v) is 9.42. The maximum atomic E-state index is 11.4. The summed E-state index contributed by atoms with van der Waals surface area (Å²) in [5.74, 6) is 0.550. The number of nitrogens with one attached hydrogen (secondary N) is 2. The predicted molar refractivity (Wildman–Crippen MR) is 106 cm³/mol. The number of hydrogen-bond donors (Lipinski definition) is 3. The van der Waals surface area contributed by atoms with E-state index < -0.39 is 10.0 Å². The van der Waals surface area contributed by atoms with E-state index in [1.807, 2.05) is 30.3 Å². The van der Waals surface area contributed by atoms with E-state index in [2.05, 4.69) is 15.0 Å². The highest BCUT2D eigenvalue weighted by Gasteiger charge is 2.27. The van der Waals surface area contributed by atoms with Crippen molar-refractivity contribution in [2.45, 2.75) is 31.7 Å². The first-order valence-electron chi connectivity index (χ1n) is 7.53. The molecule has 2 unspecified atom stereocenters. The average Bonchev–Trinajstić information content (AvgIpc) is 2.46. The van der Waals surface area contributed by atoms with Gasteiger partial charge in [-0.15, -0.1) is 24.0 Å². The van der Waals surface area contributed by atoms with Gasteiger partial charge in [-0.25, -0.2) is 13.1 Å². The molecule has 1 saturated carbocycles. The smallest absolute Gasteiger partial charge is 0.208 e. The van der Waals surface area contributed by atoms with Crippen LogP contribution in [0.1, 0.15) is 25.7 Å². The van der Waals surface area contributed by atoms with Gasteiger partial charge in [0.25, 0.3) is 0 Å². The van der Waals surface area contributed by atoms with Gasteiger partial charge in [-0.1, -0.05) is 31.0 Å². The maximum Gasteiger partial charge on any atom is 0.208 e. The van der Waals surface area contributed by atoms with Crippen LogP contribution < -0.4 is 15.8 Å². The van der Waals surface area contributed by atoms with E-state index in [4.69, 9.17) is 5.73 Å². The first-order chi connectivity index (χ1) is 10.4. The Bertz CT molecular complexity index is 607. The van der Waals surface area contributed by atoms with Crippen LogP contribution in [0.25, 0.3) is 0 Å². The van der Waals surface area contributed by atoms with Crippen LogP contribution in [-0.4, -0.2) is 33.2 Å². The van der Waals surface area contributed by atoms with Crippen molar-refractivity contribution in [3.05, 3.63) is 30.3 Å². The van der Waals surface area contributed by atoms with Crippen LogP contribution in [0.4, 0.5) is 5.69 Å². The molecule has 0 aliphatic heterocycles. The summed E-state index contributed by atoms with van der Waals surface area (Å²) in [5.41, 5.74) is 6.78. The molecule has 0 aromatic heterocycles. The van der Waals surface area contributed by atoms with Crippen molar-refractivity contribution in [2.75, 3.05) is 18.1 Å². The van der Waals surface area contributed by atoms with Crippen LogP contribution in [0.3, 0.4) is 0 Å². The Balaban J connectivity index is 0.00000264. The SMILES string of the molecule is CS(=O)(=O)NC1CCCCC1CN=C(N)Nc1ccccc1.I. The number of rotatable bonds is 5. The lowest BCUT2D eigenvalue weighted by Gasteiger charge is -2.30. The maximum absolute atomic E-state index is 11.4. The minimum atomic E-state index is -3.19. The molecule has 8 heteroatoms. The first kappa shape index (κ1) is 20.2. The fourth-order valence-electron chi connectivity index (χ4n) is 2.78. The Morgan fingerprint density at radius 2 is 1.91 bits per heavy atom. The quantitative estimate of drug-likeness (QED) is 0.362. The molecular weight excluding hydrogens is 427 g/mol. The van der Waals surface area contributed by atoms with Gasteiger partial charge in [0.15, 0.2) is 5.96 Å². The Morgan fingerprint density at radius 3 is 2.57 bits per heavy atom. The van der Waals surface area contributed by atoms with Gasteiger partial charge >= 0.3 is 0 Å². The molecule has 0 bridgehead atoms. The largest absolute Gasteiger partial charge is 0.370 e. The van der Waals surface area contributed by atoms with Crippen molar-refractivity contribution in [2.24, 2.45) is 16.6 Å². The molecule has 2 atom stereocenters. The lowest BCUT2D eigenvalue weighted by molar-refractivity contribution is 0.297. The summed E-state index contributed by atoms with van der Waals surface area (Å²) >= 11 is 0. The van der Waals surface area contributed by atoms with Gasteiger partial charge in [0.1, 0.15) is 0 Å². The van der Waals surface area contributed by atoms with E-state index >= 15 is 0 Å². The molecular formula is C15H25IN4O2S. The number of hydrogen-bond acceptors (Lipinski definition) is 3. The van der Waals surface area contributed by atoms with Crippen LogP contribution in [0.15, 0.2) is 35.3 Å². The van der Waals surface area contributed by atoms with Crippen molar-refractivity contribution in [3.8, 4) is 0 Å². The molecule has 4 N–H and O–H groups in total. The van der Waals surface area contributed by atoms with E-state index in [-0.39, 0.29) is 35.9 Å². The zero-order valence-electron chi connectivity index (χ0n) is 13.2. The Kier molecular flexibility index (Phi) is 8.27. The second-order valence-corrected chi connectivity index (χ2v) is 7.54. The Morgan fingerprint density at radius 1 is 1.26 bits per heavy atom. The molecule has 2 rings (SSSR count). The number of halogens is 1. The van der Waals surface area contributed by atoms with E-state index in [0.717, 1.165) is 31.4 Å². The Labute approximate surface area is 155 Å².